The lowest BCUT2D eigenvalue weighted by atomic mass is 9.49. The number of hydrogen-bond donors (Lipinski definition) is 3. The molecular weight excluding hydrogens is 796 g/mol. The van der Waals surface area contributed by atoms with Crippen LogP contribution in [0.5, 0.6) is 11.5 Å². The Morgan fingerprint density at radius 1 is 0.857 bits per heavy atom. The molecule has 0 unspecified atom stereocenters. The largest absolute Gasteiger partial charge is 0.508 e. The third-order valence-corrected chi connectivity index (χ3v) is 12.3. The zero-order valence-electron chi connectivity index (χ0n) is 28.9. The number of phenolic OH excluding ortho intramolecular Hbond substituents is 2. The van der Waals surface area contributed by atoms with Gasteiger partial charge in [0.2, 0.25) is 11.8 Å². The molecule has 10 nitrogen and oxygen atoms in total. The molecule has 2 aliphatic carbocycles. The highest BCUT2D eigenvalue weighted by Crippen LogP contribution is 2.65. The highest BCUT2D eigenvalue weighted by Gasteiger charge is 2.70. The Balaban J connectivity index is 1.26. The lowest BCUT2D eigenvalue weighted by Gasteiger charge is -2.50. The van der Waals surface area contributed by atoms with Crippen LogP contribution in [-0.4, -0.2) is 55.3 Å². The summed E-state index contributed by atoms with van der Waals surface area (Å²) in [5.74, 6) is -7.83. The molecule has 0 bridgehead atoms. The van der Waals surface area contributed by atoms with Crippen molar-refractivity contribution in [3.8, 4) is 11.5 Å². The van der Waals surface area contributed by atoms with Crippen molar-refractivity contribution >= 4 is 64.2 Å². The number of carbonyl (C=O) groups is 4. The van der Waals surface area contributed by atoms with Gasteiger partial charge in [-0.3, -0.25) is 29.5 Å². The molecule has 3 fully saturated rings. The Morgan fingerprint density at radius 2 is 1.55 bits per heavy atom. The van der Waals surface area contributed by atoms with Gasteiger partial charge in [-0.05, 0) is 84.8 Å². The minimum Gasteiger partial charge on any atom is -0.508 e. The molecule has 16 heteroatoms. The number of alkyl halides is 3. The molecule has 6 atom stereocenters. The fourth-order valence-corrected chi connectivity index (χ4v) is 9.59. The van der Waals surface area contributed by atoms with Crippen LogP contribution in [0.15, 0.2) is 90.6 Å². The number of pyridine rings is 1. The highest BCUT2D eigenvalue weighted by atomic mass is 35.5. The number of aromatic hydroxyl groups is 2. The highest BCUT2D eigenvalue weighted by molar-refractivity contribution is 6.33. The number of likely N-dealkylation sites (tertiary alicyclic amines) is 1. The second-order valence-electron chi connectivity index (χ2n) is 14.4. The van der Waals surface area contributed by atoms with E-state index in [1.165, 1.54) is 35.2 Å². The van der Waals surface area contributed by atoms with E-state index in [0.29, 0.717) is 39.9 Å². The quantitative estimate of drug-likeness (QED) is 0.127. The van der Waals surface area contributed by atoms with Gasteiger partial charge < -0.3 is 10.2 Å². The van der Waals surface area contributed by atoms with Crippen molar-refractivity contribution in [2.75, 3.05) is 12.0 Å². The molecule has 0 radical (unpaired) electrons. The number of phenols is 2. The first-order chi connectivity index (χ1) is 26.6. The molecule has 1 saturated carbocycles. The molecule has 3 heterocycles. The van der Waals surface area contributed by atoms with E-state index < -0.39 is 75.3 Å². The van der Waals surface area contributed by atoms with Crippen LogP contribution in [0.2, 0.25) is 15.1 Å². The van der Waals surface area contributed by atoms with Crippen LogP contribution in [0.25, 0.3) is 0 Å². The number of rotatable bonds is 7. The number of aromatic nitrogens is 1. The van der Waals surface area contributed by atoms with Crippen LogP contribution < -0.4 is 5.43 Å². The summed E-state index contributed by atoms with van der Waals surface area (Å²) in [6.07, 6.45) is -2.07. The first kappa shape index (κ1) is 37.8. The predicted octanol–water partition coefficient (Wildman–Crippen LogP) is 7.70. The van der Waals surface area contributed by atoms with Gasteiger partial charge >= 0.3 is 6.18 Å². The van der Waals surface area contributed by atoms with E-state index in [2.05, 4.69) is 10.4 Å². The number of hydrazine groups is 1. The lowest BCUT2D eigenvalue weighted by Crippen LogP contribution is -2.53. The molecule has 0 spiro atoms. The fraction of sp³-hybridized carbons (Fsp3) is 0.275. The van der Waals surface area contributed by atoms with Gasteiger partial charge in [0.05, 0.1) is 33.8 Å². The number of nitrogens with one attached hydrogen (secondary N) is 1. The first-order valence-corrected chi connectivity index (χ1v) is 18.7. The van der Waals surface area contributed by atoms with E-state index in [9.17, 15) is 37.8 Å². The maximum Gasteiger partial charge on any atom is 0.417 e. The Hall–Kier alpha value is -5.11. The van der Waals surface area contributed by atoms with Gasteiger partial charge in [0.15, 0.2) is 5.82 Å². The topological polar surface area (TPSA) is 140 Å². The fourth-order valence-electron chi connectivity index (χ4n) is 9.07. The van der Waals surface area contributed by atoms with E-state index in [1.54, 1.807) is 36.4 Å². The Morgan fingerprint density at radius 3 is 2.23 bits per heavy atom. The molecule has 3 aromatic carbocycles. The molecule has 2 saturated heterocycles. The number of benzene rings is 3. The van der Waals surface area contributed by atoms with Gasteiger partial charge in [0.25, 0.3) is 11.8 Å². The Labute approximate surface area is 332 Å². The molecule has 4 aliphatic rings. The average Bonchev–Trinajstić information content (AvgIpc) is 3.53. The molecule has 2 aliphatic heterocycles. The van der Waals surface area contributed by atoms with Crippen LogP contribution in [0.4, 0.5) is 19.0 Å². The van der Waals surface area contributed by atoms with Gasteiger partial charge in [-0.25, -0.2) is 4.98 Å². The Kier molecular flexibility index (Phi) is 9.33. The van der Waals surface area contributed by atoms with E-state index >= 15 is 4.79 Å². The van der Waals surface area contributed by atoms with Crippen LogP contribution in [0.1, 0.15) is 41.0 Å². The number of carbonyl (C=O) groups excluding carboxylic acids is 4. The van der Waals surface area contributed by atoms with Crippen molar-refractivity contribution in [2.24, 2.45) is 23.7 Å². The van der Waals surface area contributed by atoms with Gasteiger partial charge in [-0.15, -0.1) is 0 Å². The normalized spacial score (nSPS) is 25.9. The molecule has 4 aromatic rings. The summed E-state index contributed by atoms with van der Waals surface area (Å²) in [6.45, 7) is 0.0736. The van der Waals surface area contributed by atoms with E-state index in [0.717, 1.165) is 5.56 Å². The summed E-state index contributed by atoms with van der Waals surface area (Å²) in [5.41, 5.74) is 1.45. The van der Waals surface area contributed by atoms with Gasteiger partial charge in [0.1, 0.15) is 11.5 Å². The zero-order chi connectivity index (χ0) is 39.8. The summed E-state index contributed by atoms with van der Waals surface area (Å²) in [5, 5.41) is 21.9. The van der Waals surface area contributed by atoms with Crippen molar-refractivity contribution in [2.45, 2.75) is 36.8 Å². The van der Waals surface area contributed by atoms with E-state index in [-0.39, 0.29) is 47.4 Å². The number of hydrogen-bond acceptors (Lipinski definition) is 8. The number of anilines is 1. The van der Waals surface area contributed by atoms with Gasteiger partial charge in [-0.1, -0.05) is 70.7 Å². The number of allylic oxidation sites excluding steroid dienone is 2. The van der Waals surface area contributed by atoms with Crippen molar-refractivity contribution in [1.82, 2.24) is 14.9 Å². The zero-order valence-corrected chi connectivity index (χ0v) is 31.2. The summed E-state index contributed by atoms with van der Waals surface area (Å²) in [4.78, 5) is 63.4. The third-order valence-electron chi connectivity index (χ3n) is 11.5. The number of imide groups is 2. The molecule has 288 valence electrons. The molecule has 8 rings (SSSR count). The monoisotopic (exact) mass is 824 g/mol. The average molecular weight is 826 g/mol. The van der Waals surface area contributed by atoms with Crippen molar-refractivity contribution in [1.29, 1.82) is 0 Å². The van der Waals surface area contributed by atoms with E-state index in [4.69, 9.17) is 34.8 Å². The second kappa shape index (κ2) is 13.8. The third kappa shape index (κ3) is 5.98. The van der Waals surface area contributed by atoms with Crippen LogP contribution >= 0.6 is 34.8 Å². The maximum atomic E-state index is 15.3. The minimum atomic E-state index is -4.77. The molecule has 1 aromatic heterocycles. The SMILES string of the molecule is O=C1[C@H]2[C@H](CC=C3[C@H]2C[C@H]2C(=O)N(Nc4ncc(C(F)(F)F)cc4Cl)C(=O)[C@@]2(c2ccc(Cl)cc2)[C@H]3c2cc(Cl)ccc2O)C(=O)N1CCc1ccc(O)cc1. The number of fused-ring (bicyclic) bond motifs is 4. The lowest BCUT2D eigenvalue weighted by molar-refractivity contribution is -0.141. The van der Waals surface area contributed by atoms with E-state index in [1.807, 2.05) is 6.08 Å². The van der Waals surface area contributed by atoms with Gasteiger partial charge in [0, 0.05) is 34.3 Å². The van der Waals surface area contributed by atoms with Gasteiger partial charge in [-0.2, -0.15) is 18.2 Å². The van der Waals surface area contributed by atoms with Crippen molar-refractivity contribution in [3.63, 3.8) is 0 Å². The molecule has 4 amide bonds. The van der Waals surface area contributed by atoms with Crippen LogP contribution in [0, 0.1) is 23.7 Å². The smallest absolute Gasteiger partial charge is 0.417 e. The summed E-state index contributed by atoms with van der Waals surface area (Å²) in [6, 6.07) is 17.6. The number of nitrogens with zero attached hydrogens (tertiary/aromatic N) is 3. The second-order valence-corrected chi connectivity index (χ2v) is 15.6. The van der Waals surface area contributed by atoms with Crippen molar-refractivity contribution < 1.29 is 42.6 Å². The number of amides is 4. The molecule has 3 N–H and O–H groups in total. The maximum absolute atomic E-state index is 15.3. The predicted molar refractivity (Wildman–Crippen MR) is 199 cm³/mol. The summed E-state index contributed by atoms with van der Waals surface area (Å²) < 4.78 is 40.4. The minimum absolute atomic E-state index is 0.0736. The first-order valence-electron chi connectivity index (χ1n) is 17.6. The Bertz CT molecular complexity index is 2340. The summed E-state index contributed by atoms with van der Waals surface area (Å²) in [7, 11) is 0. The standard InChI is InChI=1S/C40H30Cl3F3N4O6/c41-22-5-3-20(4-6-22)39-29(36(54)50(38(39)56)48-34-30(43)15-21(18-47-34)40(44,45)46)17-27-25(33(39)28-16-23(42)7-12-31(28)52)10-11-26-32(27)37(55)49(35(26)53)14-13-19-1-8-24(51)9-2-19/h1-10,12,15-16,18,26-27,29,32-33,51-52H,11,13-14,17H2,(H,47,48)/t26-,27+,29-,32-,33+,39+/m0/s1. The molecular formula is C40H30Cl3F3N4O6. The molecule has 56 heavy (non-hydrogen) atoms. The van der Waals surface area contributed by atoms with Crippen LogP contribution in [-0.2, 0) is 37.2 Å². The van der Waals surface area contributed by atoms with Crippen LogP contribution in [0.3, 0.4) is 0 Å². The van der Waals surface area contributed by atoms with Crippen molar-refractivity contribution in [3.05, 3.63) is 128 Å². The number of halogens is 6. The summed E-state index contributed by atoms with van der Waals surface area (Å²) >= 11 is 19.1.